The van der Waals surface area contributed by atoms with E-state index < -0.39 is 32.1 Å². The van der Waals surface area contributed by atoms with E-state index in [9.17, 15) is 9.59 Å². The maximum atomic E-state index is 12.4. The highest BCUT2D eigenvalue weighted by molar-refractivity contribution is 6.74. The minimum Gasteiger partial charge on any atom is -0.468 e. The van der Waals surface area contributed by atoms with Gasteiger partial charge in [-0.3, -0.25) is 9.59 Å². The Morgan fingerprint density at radius 1 is 1.00 bits per heavy atom. The number of ether oxygens (including phenoxy) is 3. The van der Waals surface area contributed by atoms with E-state index in [1.807, 2.05) is 42.5 Å². The minimum atomic E-state index is -2.08. The summed E-state index contributed by atoms with van der Waals surface area (Å²) >= 11 is 0. The number of carbonyl (C=O) groups is 2. The molecule has 0 amide bonds. The van der Waals surface area contributed by atoms with E-state index in [1.165, 1.54) is 14.2 Å². The largest absolute Gasteiger partial charge is 0.468 e. The molecule has 0 saturated carbocycles. The fraction of sp³-hybridized carbons (Fsp3) is 0.600. The van der Waals surface area contributed by atoms with Crippen molar-refractivity contribution < 1.29 is 28.2 Å². The molecule has 0 fully saturated rings. The predicted molar refractivity (Wildman–Crippen MR) is 126 cm³/mol. The zero-order valence-electron chi connectivity index (χ0n) is 20.4. The summed E-state index contributed by atoms with van der Waals surface area (Å²) in [7, 11) is 0.489. The van der Waals surface area contributed by atoms with Gasteiger partial charge in [0, 0.05) is 18.4 Å². The molecule has 1 aliphatic rings. The smallest absolute Gasteiger partial charge is 0.320 e. The molecule has 0 saturated heterocycles. The van der Waals surface area contributed by atoms with E-state index in [0.29, 0.717) is 19.4 Å². The maximum absolute atomic E-state index is 12.4. The Morgan fingerprint density at radius 3 is 2.12 bits per heavy atom. The topological polar surface area (TPSA) is 71.1 Å². The monoisotopic (exact) mass is 462 g/mol. The summed E-state index contributed by atoms with van der Waals surface area (Å²) in [5.74, 6) is -2.61. The van der Waals surface area contributed by atoms with Crippen LogP contribution in [-0.4, -0.2) is 46.7 Å². The Morgan fingerprint density at radius 2 is 1.59 bits per heavy atom. The van der Waals surface area contributed by atoms with Crippen molar-refractivity contribution in [3.8, 4) is 0 Å². The molecule has 2 rings (SSSR count). The van der Waals surface area contributed by atoms with Gasteiger partial charge < -0.3 is 18.6 Å². The molecule has 7 heteroatoms. The first-order valence-electron chi connectivity index (χ1n) is 11.2. The standard InChI is InChI=1S/C25H38O6Si/c1-25(2,3)32(6,7)31-21-15-19(22(23(26)28-4)24(27)29-5)13-14-20(16-21)30-17-18-11-9-8-10-12-18/h8-14,19-22H,15-17H2,1-7H3/t19-,20+,21-/m1/s1. The van der Waals surface area contributed by atoms with Crippen LogP contribution in [0.4, 0.5) is 0 Å². The van der Waals surface area contributed by atoms with Crippen LogP contribution in [-0.2, 0) is 34.8 Å². The third-order valence-corrected chi connectivity index (χ3v) is 11.1. The van der Waals surface area contributed by atoms with E-state index in [2.05, 4.69) is 33.9 Å². The second kappa shape index (κ2) is 11.3. The van der Waals surface area contributed by atoms with Crippen LogP contribution in [0.5, 0.6) is 0 Å². The Labute approximate surface area is 193 Å². The molecule has 0 aliphatic heterocycles. The number of hydrogen-bond acceptors (Lipinski definition) is 6. The molecule has 1 aromatic carbocycles. The lowest BCUT2D eigenvalue weighted by Gasteiger charge is -2.40. The van der Waals surface area contributed by atoms with Gasteiger partial charge in [0.15, 0.2) is 14.2 Å². The Hall–Kier alpha value is -1.96. The molecule has 32 heavy (non-hydrogen) atoms. The lowest BCUT2D eigenvalue weighted by Crippen LogP contribution is -2.45. The molecule has 0 bridgehead atoms. The number of methoxy groups -OCH3 is 2. The Bertz CT molecular complexity index is 767. The van der Waals surface area contributed by atoms with Gasteiger partial charge in [-0.25, -0.2) is 0 Å². The number of rotatable bonds is 8. The summed E-state index contributed by atoms with van der Waals surface area (Å²) in [4.78, 5) is 24.9. The van der Waals surface area contributed by atoms with Gasteiger partial charge in [-0.05, 0) is 30.1 Å². The van der Waals surface area contributed by atoms with Crippen molar-refractivity contribution in [2.24, 2.45) is 11.8 Å². The number of benzene rings is 1. The van der Waals surface area contributed by atoms with Gasteiger partial charge in [0.2, 0.25) is 0 Å². The van der Waals surface area contributed by atoms with E-state index in [0.717, 1.165) is 5.56 Å². The first-order chi connectivity index (χ1) is 15.0. The molecule has 0 spiro atoms. The molecule has 0 aromatic heterocycles. The van der Waals surface area contributed by atoms with E-state index >= 15 is 0 Å². The molecule has 0 radical (unpaired) electrons. The average molecular weight is 463 g/mol. The lowest BCUT2D eigenvalue weighted by atomic mass is 9.87. The van der Waals surface area contributed by atoms with Crippen molar-refractivity contribution in [3.05, 3.63) is 48.0 Å². The molecule has 178 valence electrons. The summed E-state index contributed by atoms with van der Waals surface area (Å²) in [6, 6.07) is 9.99. The number of hydrogen-bond donors (Lipinski definition) is 0. The van der Waals surface area contributed by atoms with Crippen molar-refractivity contribution in [2.45, 2.75) is 70.6 Å². The SMILES string of the molecule is COC(=O)C(C(=O)OC)[C@@H]1C=C[C@H](OCc2ccccc2)C[C@H](O[Si](C)(C)C(C)(C)C)C1. The van der Waals surface area contributed by atoms with Gasteiger partial charge >= 0.3 is 11.9 Å². The van der Waals surface area contributed by atoms with E-state index in [4.69, 9.17) is 18.6 Å². The van der Waals surface area contributed by atoms with Crippen molar-refractivity contribution in [3.63, 3.8) is 0 Å². The predicted octanol–water partition coefficient (Wildman–Crippen LogP) is 4.89. The van der Waals surface area contributed by atoms with Crippen molar-refractivity contribution in [2.75, 3.05) is 14.2 Å². The Balaban J connectivity index is 2.28. The zero-order valence-corrected chi connectivity index (χ0v) is 21.4. The van der Waals surface area contributed by atoms with Gasteiger partial charge in [-0.2, -0.15) is 0 Å². The van der Waals surface area contributed by atoms with Gasteiger partial charge in [0.1, 0.15) is 0 Å². The quantitative estimate of drug-likeness (QED) is 0.237. The molecule has 1 aromatic rings. The molecule has 1 aliphatic carbocycles. The van der Waals surface area contributed by atoms with Crippen LogP contribution in [0.15, 0.2) is 42.5 Å². The van der Waals surface area contributed by atoms with Crippen LogP contribution in [0, 0.1) is 11.8 Å². The van der Waals surface area contributed by atoms with Crippen LogP contribution in [0.25, 0.3) is 0 Å². The van der Waals surface area contributed by atoms with Crippen LogP contribution in [0.1, 0.15) is 39.2 Å². The zero-order chi connectivity index (χ0) is 23.9. The van der Waals surface area contributed by atoms with Crippen LogP contribution >= 0.6 is 0 Å². The average Bonchev–Trinajstić information content (AvgIpc) is 2.93. The Kier molecular flexibility index (Phi) is 9.25. The number of carbonyl (C=O) groups excluding carboxylic acids is 2. The van der Waals surface area contributed by atoms with Crippen LogP contribution < -0.4 is 0 Å². The highest BCUT2D eigenvalue weighted by atomic mass is 28.4. The molecular formula is C25H38O6Si. The first-order valence-corrected chi connectivity index (χ1v) is 14.1. The van der Waals surface area contributed by atoms with Crippen LogP contribution in [0.2, 0.25) is 18.1 Å². The van der Waals surface area contributed by atoms with Gasteiger partial charge in [-0.1, -0.05) is 63.3 Å². The molecule has 3 atom stereocenters. The van der Waals surface area contributed by atoms with Crippen molar-refractivity contribution >= 4 is 20.3 Å². The highest BCUT2D eigenvalue weighted by Crippen LogP contribution is 2.40. The normalized spacial score (nSPS) is 21.8. The summed E-state index contributed by atoms with van der Waals surface area (Å²) in [6.45, 7) is 11.5. The summed E-state index contributed by atoms with van der Waals surface area (Å²) in [5, 5.41) is 0.0344. The first kappa shape index (κ1) is 26.3. The summed E-state index contributed by atoms with van der Waals surface area (Å²) in [5.41, 5.74) is 1.09. The third kappa shape index (κ3) is 7.02. The third-order valence-electron chi connectivity index (χ3n) is 6.52. The second-order valence-corrected chi connectivity index (χ2v) is 14.6. The van der Waals surface area contributed by atoms with Crippen molar-refractivity contribution in [1.82, 2.24) is 0 Å². The number of esters is 2. The molecule has 0 N–H and O–H groups in total. The van der Waals surface area contributed by atoms with E-state index in [-0.39, 0.29) is 17.2 Å². The maximum Gasteiger partial charge on any atom is 0.320 e. The summed E-state index contributed by atoms with van der Waals surface area (Å²) < 4.78 is 22.8. The lowest BCUT2D eigenvalue weighted by molar-refractivity contribution is -0.161. The van der Waals surface area contributed by atoms with Gasteiger partial charge in [0.25, 0.3) is 0 Å². The van der Waals surface area contributed by atoms with E-state index in [1.54, 1.807) is 0 Å². The number of allylic oxidation sites excluding steroid dienone is 1. The molecule has 0 heterocycles. The fourth-order valence-corrected chi connectivity index (χ4v) is 5.00. The molecule has 0 unspecified atom stereocenters. The van der Waals surface area contributed by atoms with Gasteiger partial charge in [-0.15, -0.1) is 0 Å². The van der Waals surface area contributed by atoms with Gasteiger partial charge in [0.05, 0.1) is 26.9 Å². The fourth-order valence-electron chi connectivity index (χ4n) is 3.62. The minimum absolute atomic E-state index is 0.0344. The van der Waals surface area contributed by atoms with Crippen LogP contribution in [0.3, 0.4) is 0 Å². The summed E-state index contributed by atoms with van der Waals surface area (Å²) in [6.07, 6.45) is 4.66. The molecular weight excluding hydrogens is 424 g/mol. The highest BCUT2D eigenvalue weighted by Gasteiger charge is 2.43. The molecule has 6 nitrogen and oxygen atoms in total. The second-order valence-electron chi connectivity index (χ2n) is 9.88. The van der Waals surface area contributed by atoms with Crippen molar-refractivity contribution in [1.29, 1.82) is 0 Å².